The fourth-order valence-corrected chi connectivity index (χ4v) is 3.87. The Bertz CT molecular complexity index is 1530. The molecular weight excluding hydrogens is 476 g/mol. The van der Waals surface area contributed by atoms with Crippen molar-refractivity contribution in [2.45, 2.75) is 61.3 Å². The first-order valence-electron chi connectivity index (χ1n) is 11.8. The van der Waals surface area contributed by atoms with E-state index in [1.807, 2.05) is 39.8 Å². The first-order chi connectivity index (χ1) is 17.4. The molecular formula is C29H30O8. The highest BCUT2D eigenvalue weighted by atomic mass is 16.5. The SMILES string of the molecule is CC(=O)Oc1ccc2c(=O)c3c(OC(C)=O)c(CC=C(C)C)c(OC(C)=O)c(CC=C(C)C)c3oc2c1. The van der Waals surface area contributed by atoms with Crippen LogP contribution < -0.4 is 19.6 Å². The van der Waals surface area contributed by atoms with Gasteiger partial charge in [-0.2, -0.15) is 0 Å². The molecule has 8 nitrogen and oxygen atoms in total. The van der Waals surface area contributed by atoms with E-state index in [1.165, 1.54) is 39.0 Å². The first kappa shape index (κ1) is 27.4. The maximum absolute atomic E-state index is 13.8. The van der Waals surface area contributed by atoms with E-state index in [0.717, 1.165) is 11.1 Å². The van der Waals surface area contributed by atoms with Crippen LogP contribution >= 0.6 is 0 Å². The summed E-state index contributed by atoms with van der Waals surface area (Å²) >= 11 is 0. The molecule has 0 bridgehead atoms. The molecule has 0 aliphatic rings. The van der Waals surface area contributed by atoms with Crippen LogP contribution in [0.1, 0.15) is 59.6 Å². The van der Waals surface area contributed by atoms with Gasteiger partial charge < -0.3 is 18.6 Å². The van der Waals surface area contributed by atoms with Crippen molar-refractivity contribution in [3.8, 4) is 17.2 Å². The van der Waals surface area contributed by atoms with Crippen molar-refractivity contribution in [3.05, 3.63) is 62.8 Å². The number of carbonyl (C=O) groups is 3. The number of benzene rings is 2. The number of rotatable bonds is 7. The molecule has 0 fully saturated rings. The van der Waals surface area contributed by atoms with Crippen LogP contribution in [0.5, 0.6) is 17.2 Å². The van der Waals surface area contributed by atoms with Crippen molar-refractivity contribution in [3.63, 3.8) is 0 Å². The molecule has 0 amide bonds. The van der Waals surface area contributed by atoms with Gasteiger partial charge in [-0.3, -0.25) is 19.2 Å². The summed E-state index contributed by atoms with van der Waals surface area (Å²) in [7, 11) is 0. The molecule has 0 spiro atoms. The topological polar surface area (TPSA) is 109 Å². The van der Waals surface area contributed by atoms with Gasteiger partial charge in [-0.25, -0.2) is 0 Å². The second kappa shape index (κ2) is 11.2. The van der Waals surface area contributed by atoms with E-state index in [0.29, 0.717) is 11.1 Å². The Morgan fingerprint density at radius 2 is 1.30 bits per heavy atom. The van der Waals surface area contributed by atoms with E-state index in [4.69, 9.17) is 18.6 Å². The summed E-state index contributed by atoms with van der Waals surface area (Å²) in [6.45, 7) is 11.4. The van der Waals surface area contributed by atoms with Crippen LogP contribution in [0.25, 0.3) is 21.9 Å². The summed E-state index contributed by atoms with van der Waals surface area (Å²) in [6.07, 6.45) is 4.33. The van der Waals surface area contributed by atoms with Crippen molar-refractivity contribution in [2.75, 3.05) is 0 Å². The molecule has 37 heavy (non-hydrogen) atoms. The molecule has 3 aromatic rings. The molecule has 0 atom stereocenters. The summed E-state index contributed by atoms with van der Waals surface area (Å²) in [6, 6.07) is 4.41. The zero-order valence-electron chi connectivity index (χ0n) is 22.1. The average molecular weight is 507 g/mol. The summed E-state index contributed by atoms with van der Waals surface area (Å²) in [5.74, 6) is -1.39. The molecule has 1 heterocycles. The van der Waals surface area contributed by atoms with Gasteiger partial charge in [0.05, 0.1) is 5.39 Å². The van der Waals surface area contributed by atoms with Crippen LogP contribution in [-0.2, 0) is 27.2 Å². The predicted molar refractivity (Wildman–Crippen MR) is 140 cm³/mol. The zero-order chi connectivity index (χ0) is 27.4. The Labute approximate surface area is 214 Å². The molecule has 0 aliphatic heterocycles. The third kappa shape index (κ3) is 6.33. The normalized spacial score (nSPS) is 10.7. The number of hydrogen-bond donors (Lipinski definition) is 0. The van der Waals surface area contributed by atoms with Gasteiger partial charge in [0.2, 0.25) is 5.43 Å². The van der Waals surface area contributed by atoms with Gasteiger partial charge >= 0.3 is 17.9 Å². The second-order valence-corrected chi connectivity index (χ2v) is 9.16. The van der Waals surface area contributed by atoms with Gasteiger partial charge in [-0.05, 0) is 52.7 Å². The molecule has 0 saturated carbocycles. The van der Waals surface area contributed by atoms with E-state index in [9.17, 15) is 19.2 Å². The molecule has 0 N–H and O–H groups in total. The third-order valence-electron chi connectivity index (χ3n) is 5.37. The van der Waals surface area contributed by atoms with Crippen LogP contribution in [0.4, 0.5) is 0 Å². The Hall–Kier alpha value is -4.20. The van der Waals surface area contributed by atoms with Crippen LogP contribution in [0.15, 0.2) is 50.7 Å². The van der Waals surface area contributed by atoms with Gasteiger partial charge in [0.25, 0.3) is 0 Å². The van der Waals surface area contributed by atoms with Gasteiger partial charge in [-0.15, -0.1) is 0 Å². The highest BCUT2D eigenvalue weighted by Gasteiger charge is 2.27. The lowest BCUT2D eigenvalue weighted by atomic mass is 9.96. The zero-order valence-corrected chi connectivity index (χ0v) is 22.1. The number of fused-ring (bicyclic) bond motifs is 2. The molecule has 0 saturated heterocycles. The Morgan fingerprint density at radius 3 is 1.84 bits per heavy atom. The highest BCUT2D eigenvalue weighted by molar-refractivity contribution is 5.99. The number of carbonyl (C=O) groups excluding carboxylic acids is 3. The van der Waals surface area contributed by atoms with Crippen LogP contribution in [0.2, 0.25) is 0 Å². The molecule has 8 heteroatoms. The van der Waals surface area contributed by atoms with E-state index < -0.39 is 23.3 Å². The Balaban J connectivity index is 2.59. The molecule has 2 aromatic carbocycles. The van der Waals surface area contributed by atoms with Gasteiger partial charge in [0.1, 0.15) is 28.1 Å². The minimum absolute atomic E-state index is 0.0167. The standard InChI is InChI=1S/C29H30O8/c1-15(2)8-11-22-27(35-18(6)31)23(12-9-16(3)4)29-25(28(22)36-19(7)32)26(33)21-13-10-20(34-17(5)30)14-24(21)37-29/h8-10,13-14H,11-12H2,1-7H3. The highest BCUT2D eigenvalue weighted by Crippen LogP contribution is 2.42. The number of esters is 3. The molecule has 0 aliphatic carbocycles. The van der Waals surface area contributed by atoms with Crippen molar-refractivity contribution in [1.29, 1.82) is 0 Å². The van der Waals surface area contributed by atoms with Crippen LogP contribution in [0, 0.1) is 0 Å². The summed E-state index contributed by atoms with van der Waals surface area (Å²) < 4.78 is 22.6. The maximum Gasteiger partial charge on any atom is 0.308 e. The number of hydrogen-bond acceptors (Lipinski definition) is 8. The minimum Gasteiger partial charge on any atom is -0.455 e. The molecule has 1 aromatic heterocycles. The molecule has 0 radical (unpaired) electrons. The lowest BCUT2D eigenvalue weighted by Gasteiger charge is -2.19. The predicted octanol–water partition coefficient (Wildman–Crippen LogP) is 5.74. The van der Waals surface area contributed by atoms with E-state index in [-0.39, 0.29) is 52.0 Å². The lowest BCUT2D eigenvalue weighted by Crippen LogP contribution is -2.15. The number of allylic oxidation sites excluding steroid dienone is 4. The van der Waals surface area contributed by atoms with Crippen molar-refractivity contribution in [1.82, 2.24) is 0 Å². The summed E-state index contributed by atoms with van der Waals surface area (Å²) in [5, 5.41) is 0.270. The van der Waals surface area contributed by atoms with Gasteiger partial charge in [-0.1, -0.05) is 23.3 Å². The van der Waals surface area contributed by atoms with Crippen LogP contribution in [-0.4, -0.2) is 17.9 Å². The monoisotopic (exact) mass is 506 g/mol. The molecule has 0 unspecified atom stereocenters. The number of ether oxygens (including phenoxy) is 3. The smallest absolute Gasteiger partial charge is 0.308 e. The fourth-order valence-electron chi connectivity index (χ4n) is 3.87. The van der Waals surface area contributed by atoms with Crippen molar-refractivity contribution in [2.24, 2.45) is 0 Å². The quantitative estimate of drug-likeness (QED) is 0.173. The average Bonchev–Trinajstić information content (AvgIpc) is 2.76. The largest absolute Gasteiger partial charge is 0.455 e. The minimum atomic E-state index is -0.643. The summed E-state index contributed by atoms with van der Waals surface area (Å²) in [4.78, 5) is 49.6. The molecule has 3 rings (SSSR count). The first-order valence-corrected chi connectivity index (χ1v) is 11.8. The second-order valence-electron chi connectivity index (χ2n) is 9.16. The molecule has 194 valence electrons. The van der Waals surface area contributed by atoms with Gasteiger partial charge in [0.15, 0.2) is 5.75 Å². The van der Waals surface area contributed by atoms with Crippen molar-refractivity contribution < 1.29 is 33.0 Å². The third-order valence-corrected chi connectivity index (χ3v) is 5.37. The Morgan fingerprint density at radius 1 is 0.757 bits per heavy atom. The van der Waals surface area contributed by atoms with E-state index in [1.54, 1.807) is 0 Å². The summed E-state index contributed by atoms with van der Waals surface area (Å²) in [5.41, 5.74) is 2.66. The Kier molecular flexibility index (Phi) is 8.32. The van der Waals surface area contributed by atoms with E-state index in [2.05, 4.69) is 0 Å². The lowest BCUT2D eigenvalue weighted by molar-refractivity contribution is -0.133. The van der Waals surface area contributed by atoms with Crippen LogP contribution in [0.3, 0.4) is 0 Å². The fraction of sp³-hybridized carbons (Fsp3) is 0.310. The van der Waals surface area contributed by atoms with E-state index >= 15 is 0 Å². The van der Waals surface area contributed by atoms with Crippen molar-refractivity contribution >= 4 is 39.8 Å². The maximum atomic E-state index is 13.8. The van der Waals surface area contributed by atoms with Gasteiger partial charge in [0, 0.05) is 38.0 Å².